The summed E-state index contributed by atoms with van der Waals surface area (Å²) < 4.78 is 0. The van der Waals surface area contributed by atoms with Crippen LogP contribution in [0.25, 0.3) is 0 Å². The highest BCUT2D eigenvalue weighted by molar-refractivity contribution is 6.00. The minimum atomic E-state index is 0.255. The highest BCUT2D eigenvalue weighted by Gasteiger charge is 2.15. The summed E-state index contributed by atoms with van der Waals surface area (Å²) in [4.78, 5) is 0. The molecule has 0 radical (unpaired) electrons. The molecule has 1 aromatic rings. The van der Waals surface area contributed by atoms with Crippen molar-refractivity contribution in [3.63, 3.8) is 0 Å². The lowest BCUT2D eigenvalue weighted by molar-refractivity contribution is 0.433. The molecule has 15 heavy (non-hydrogen) atoms. The molecular weight excluding hydrogens is 184 g/mol. The molecule has 0 aromatic heterocycles. The standard InChI is InChI=1S/C13H20N2/c1-13(2,3)10-12(15-14-4)11-8-6-5-7-9-11/h5-9,14H,10H2,1-4H3. The van der Waals surface area contributed by atoms with Crippen molar-refractivity contribution in [2.45, 2.75) is 27.2 Å². The summed E-state index contributed by atoms with van der Waals surface area (Å²) in [6.45, 7) is 6.67. The summed E-state index contributed by atoms with van der Waals surface area (Å²) in [5.74, 6) is 0. The zero-order chi connectivity index (χ0) is 11.3. The van der Waals surface area contributed by atoms with E-state index in [1.807, 2.05) is 25.2 Å². The summed E-state index contributed by atoms with van der Waals surface area (Å²) in [6.07, 6.45) is 0.970. The maximum atomic E-state index is 4.35. The molecule has 2 nitrogen and oxygen atoms in total. The Morgan fingerprint density at radius 2 is 1.80 bits per heavy atom. The number of hydrazone groups is 1. The average molecular weight is 204 g/mol. The number of nitrogens with zero attached hydrogens (tertiary/aromatic N) is 1. The van der Waals surface area contributed by atoms with Crippen molar-refractivity contribution in [3.8, 4) is 0 Å². The largest absolute Gasteiger partial charge is 0.313 e. The molecule has 0 saturated heterocycles. The molecule has 0 aliphatic rings. The van der Waals surface area contributed by atoms with Crippen molar-refractivity contribution >= 4 is 5.71 Å². The third kappa shape index (κ3) is 4.15. The van der Waals surface area contributed by atoms with E-state index < -0.39 is 0 Å². The molecule has 0 heterocycles. The molecule has 0 bridgehead atoms. The van der Waals surface area contributed by atoms with E-state index in [0.29, 0.717) is 0 Å². The van der Waals surface area contributed by atoms with Gasteiger partial charge >= 0.3 is 0 Å². The van der Waals surface area contributed by atoms with Crippen LogP contribution >= 0.6 is 0 Å². The Balaban J connectivity index is 2.90. The molecule has 0 aliphatic carbocycles. The molecule has 1 N–H and O–H groups in total. The van der Waals surface area contributed by atoms with E-state index in [1.54, 1.807) is 0 Å². The zero-order valence-corrected chi connectivity index (χ0v) is 10.0. The van der Waals surface area contributed by atoms with Crippen molar-refractivity contribution in [2.75, 3.05) is 7.05 Å². The number of hydrogen-bond donors (Lipinski definition) is 1. The van der Waals surface area contributed by atoms with Crippen LogP contribution in [0.15, 0.2) is 35.4 Å². The topological polar surface area (TPSA) is 24.4 Å². The minimum absolute atomic E-state index is 0.255. The summed E-state index contributed by atoms with van der Waals surface area (Å²) in [7, 11) is 1.84. The molecule has 1 rings (SSSR count). The van der Waals surface area contributed by atoms with Crippen LogP contribution < -0.4 is 5.43 Å². The van der Waals surface area contributed by atoms with Gasteiger partial charge in [-0.25, -0.2) is 0 Å². The lowest BCUT2D eigenvalue weighted by atomic mass is 9.87. The van der Waals surface area contributed by atoms with Gasteiger partial charge in [-0.15, -0.1) is 0 Å². The van der Waals surface area contributed by atoms with E-state index in [1.165, 1.54) is 5.56 Å². The predicted octanol–water partition coefficient (Wildman–Crippen LogP) is 3.05. The maximum absolute atomic E-state index is 4.35. The van der Waals surface area contributed by atoms with Crippen LogP contribution in [0.5, 0.6) is 0 Å². The van der Waals surface area contributed by atoms with Crippen LogP contribution in [0.4, 0.5) is 0 Å². The fourth-order valence-electron chi connectivity index (χ4n) is 1.47. The van der Waals surface area contributed by atoms with E-state index in [2.05, 4.69) is 43.4 Å². The fourth-order valence-corrected chi connectivity index (χ4v) is 1.47. The van der Waals surface area contributed by atoms with Gasteiger partial charge < -0.3 is 5.43 Å². The van der Waals surface area contributed by atoms with Gasteiger partial charge in [0.25, 0.3) is 0 Å². The highest BCUT2D eigenvalue weighted by Crippen LogP contribution is 2.21. The third-order valence-corrected chi connectivity index (χ3v) is 2.05. The molecule has 0 amide bonds. The minimum Gasteiger partial charge on any atom is -0.313 e. The Kier molecular flexibility index (Phi) is 3.89. The van der Waals surface area contributed by atoms with E-state index in [9.17, 15) is 0 Å². The van der Waals surface area contributed by atoms with Gasteiger partial charge in [0, 0.05) is 7.05 Å². The molecule has 0 atom stereocenters. The quantitative estimate of drug-likeness (QED) is 0.594. The number of rotatable bonds is 3. The fraction of sp³-hybridized carbons (Fsp3) is 0.462. The summed E-state index contributed by atoms with van der Waals surface area (Å²) in [6, 6.07) is 10.3. The Hall–Kier alpha value is -1.31. The first-order valence-corrected chi connectivity index (χ1v) is 5.32. The molecule has 0 spiro atoms. The van der Waals surface area contributed by atoms with Crippen LogP contribution in [0, 0.1) is 5.41 Å². The van der Waals surface area contributed by atoms with Crippen LogP contribution in [0.2, 0.25) is 0 Å². The van der Waals surface area contributed by atoms with Gasteiger partial charge in [-0.05, 0) is 17.4 Å². The molecule has 0 fully saturated rings. The number of benzene rings is 1. The van der Waals surface area contributed by atoms with Gasteiger partial charge in [0.1, 0.15) is 0 Å². The van der Waals surface area contributed by atoms with Gasteiger partial charge in [0.05, 0.1) is 5.71 Å². The first kappa shape index (κ1) is 11.8. The highest BCUT2D eigenvalue weighted by atomic mass is 15.3. The first-order valence-electron chi connectivity index (χ1n) is 5.32. The molecule has 0 aliphatic heterocycles. The van der Waals surface area contributed by atoms with Gasteiger partial charge in [0.15, 0.2) is 0 Å². The SMILES string of the molecule is CNN=C(CC(C)(C)C)c1ccccc1. The summed E-state index contributed by atoms with van der Waals surface area (Å²) >= 11 is 0. The Morgan fingerprint density at radius 3 is 2.27 bits per heavy atom. The number of hydrogen-bond acceptors (Lipinski definition) is 2. The van der Waals surface area contributed by atoms with Crippen molar-refractivity contribution in [1.82, 2.24) is 5.43 Å². The molecular formula is C13H20N2. The van der Waals surface area contributed by atoms with Crippen LogP contribution in [-0.2, 0) is 0 Å². The first-order chi connectivity index (χ1) is 7.03. The van der Waals surface area contributed by atoms with Crippen molar-refractivity contribution < 1.29 is 0 Å². The van der Waals surface area contributed by atoms with Crippen LogP contribution in [0.1, 0.15) is 32.8 Å². The van der Waals surface area contributed by atoms with Crippen molar-refractivity contribution in [2.24, 2.45) is 10.5 Å². The second-order valence-electron chi connectivity index (χ2n) is 4.89. The molecule has 2 heteroatoms. The van der Waals surface area contributed by atoms with Gasteiger partial charge in [-0.1, -0.05) is 51.1 Å². The van der Waals surface area contributed by atoms with Gasteiger partial charge in [-0.2, -0.15) is 5.10 Å². The van der Waals surface area contributed by atoms with E-state index >= 15 is 0 Å². The monoisotopic (exact) mass is 204 g/mol. The zero-order valence-electron chi connectivity index (χ0n) is 10.0. The van der Waals surface area contributed by atoms with Gasteiger partial charge in [0.2, 0.25) is 0 Å². The van der Waals surface area contributed by atoms with Crippen molar-refractivity contribution in [3.05, 3.63) is 35.9 Å². The Morgan fingerprint density at radius 1 is 1.20 bits per heavy atom. The van der Waals surface area contributed by atoms with Gasteiger partial charge in [-0.3, -0.25) is 0 Å². The third-order valence-electron chi connectivity index (χ3n) is 2.05. The normalized spacial score (nSPS) is 12.7. The molecule has 0 unspecified atom stereocenters. The second-order valence-corrected chi connectivity index (χ2v) is 4.89. The maximum Gasteiger partial charge on any atom is 0.0680 e. The molecule has 82 valence electrons. The number of nitrogens with one attached hydrogen (secondary N) is 1. The average Bonchev–Trinajstić information content (AvgIpc) is 2.17. The van der Waals surface area contributed by atoms with E-state index in [-0.39, 0.29) is 5.41 Å². The van der Waals surface area contributed by atoms with Crippen molar-refractivity contribution in [1.29, 1.82) is 0 Å². The Labute approximate surface area is 92.4 Å². The predicted molar refractivity (Wildman–Crippen MR) is 66.1 cm³/mol. The molecule has 0 saturated carbocycles. The summed E-state index contributed by atoms with van der Waals surface area (Å²) in [5, 5.41) is 4.35. The van der Waals surface area contributed by atoms with E-state index in [0.717, 1.165) is 12.1 Å². The van der Waals surface area contributed by atoms with Crippen LogP contribution in [-0.4, -0.2) is 12.8 Å². The summed E-state index contributed by atoms with van der Waals surface area (Å²) in [5.41, 5.74) is 5.44. The molecule has 1 aromatic carbocycles. The lowest BCUT2D eigenvalue weighted by Crippen LogP contribution is -2.16. The lowest BCUT2D eigenvalue weighted by Gasteiger charge is -2.19. The Bertz CT molecular complexity index is 320. The second kappa shape index (κ2) is 4.96. The van der Waals surface area contributed by atoms with Crippen LogP contribution in [0.3, 0.4) is 0 Å². The van der Waals surface area contributed by atoms with E-state index in [4.69, 9.17) is 0 Å². The smallest absolute Gasteiger partial charge is 0.0680 e.